The molecule has 0 aliphatic carbocycles. The molecule has 0 spiro atoms. The van der Waals surface area contributed by atoms with Crippen LogP contribution in [0.15, 0.2) is 18.2 Å². The Bertz CT molecular complexity index is 389. The first-order chi connectivity index (χ1) is 7.20. The van der Waals surface area contributed by atoms with Crippen LogP contribution in [0.25, 0.3) is 0 Å². The normalized spacial score (nSPS) is 19.6. The highest BCUT2D eigenvalue weighted by Crippen LogP contribution is 2.26. The molecule has 4 nitrogen and oxygen atoms in total. The molecule has 1 aromatic carbocycles. The molecule has 1 saturated heterocycles. The van der Waals surface area contributed by atoms with Gasteiger partial charge in [-0.25, -0.2) is 4.79 Å². The van der Waals surface area contributed by atoms with E-state index in [2.05, 4.69) is 5.32 Å². The van der Waals surface area contributed by atoms with Gasteiger partial charge in [-0.05, 0) is 30.2 Å². The summed E-state index contributed by atoms with van der Waals surface area (Å²) in [6.45, 7) is 2.50. The molecule has 1 aromatic rings. The van der Waals surface area contributed by atoms with E-state index in [0.717, 1.165) is 16.9 Å². The summed E-state index contributed by atoms with van der Waals surface area (Å²) in [6.07, 6.45) is -0.532. The Morgan fingerprint density at radius 3 is 2.87 bits per heavy atom. The van der Waals surface area contributed by atoms with Crippen molar-refractivity contribution in [2.75, 3.05) is 13.7 Å². The van der Waals surface area contributed by atoms with Gasteiger partial charge in [-0.1, -0.05) is 6.07 Å². The average Bonchev–Trinajstić information content (AvgIpc) is 2.65. The second-order valence-electron chi connectivity index (χ2n) is 3.50. The van der Waals surface area contributed by atoms with E-state index in [0.29, 0.717) is 6.54 Å². The zero-order valence-electron chi connectivity index (χ0n) is 8.74. The maximum absolute atomic E-state index is 10.9. The molecule has 80 valence electrons. The molecule has 0 radical (unpaired) electrons. The van der Waals surface area contributed by atoms with Crippen molar-refractivity contribution in [1.82, 2.24) is 5.32 Å². The predicted molar refractivity (Wildman–Crippen MR) is 55.0 cm³/mol. The number of amides is 1. The van der Waals surface area contributed by atoms with Crippen LogP contribution in [-0.4, -0.2) is 19.7 Å². The van der Waals surface area contributed by atoms with Gasteiger partial charge in [0, 0.05) is 0 Å². The number of alkyl carbamates (subject to hydrolysis) is 1. The van der Waals surface area contributed by atoms with Crippen LogP contribution in [0.5, 0.6) is 5.75 Å². The Morgan fingerprint density at radius 1 is 1.53 bits per heavy atom. The van der Waals surface area contributed by atoms with Crippen LogP contribution in [0, 0.1) is 6.92 Å². The Kier molecular flexibility index (Phi) is 2.49. The van der Waals surface area contributed by atoms with Gasteiger partial charge in [0.05, 0.1) is 13.7 Å². The third-order valence-electron chi connectivity index (χ3n) is 2.47. The Morgan fingerprint density at radius 2 is 2.33 bits per heavy atom. The molecular formula is C11H13NO3. The summed E-state index contributed by atoms with van der Waals surface area (Å²) in [7, 11) is 1.64. The maximum Gasteiger partial charge on any atom is 0.407 e. The topological polar surface area (TPSA) is 47.6 Å². The van der Waals surface area contributed by atoms with Crippen LogP contribution in [0.4, 0.5) is 4.79 Å². The van der Waals surface area contributed by atoms with Gasteiger partial charge in [0.25, 0.3) is 0 Å². The number of hydrogen-bond acceptors (Lipinski definition) is 3. The van der Waals surface area contributed by atoms with Crippen molar-refractivity contribution < 1.29 is 14.3 Å². The number of rotatable bonds is 2. The van der Waals surface area contributed by atoms with E-state index in [1.54, 1.807) is 7.11 Å². The second kappa shape index (κ2) is 3.81. The van der Waals surface area contributed by atoms with E-state index in [9.17, 15) is 4.79 Å². The first-order valence-electron chi connectivity index (χ1n) is 4.79. The molecule has 1 fully saturated rings. The molecular weight excluding hydrogens is 194 g/mol. The lowest BCUT2D eigenvalue weighted by Crippen LogP contribution is -2.12. The molecule has 1 atom stereocenters. The summed E-state index contributed by atoms with van der Waals surface area (Å²) >= 11 is 0. The van der Waals surface area contributed by atoms with Gasteiger partial charge in [0.1, 0.15) is 11.9 Å². The van der Waals surface area contributed by atoms with Gasteiger partial charge in [-0.2, -0.15) is 0 Å². The molecule has 15 heavy (non-hydrogen) atoms. The van der Waals surface area contributed by atoms with E-state index in [4.69, 9.17) is 9.47 Å². The van der Waals surface area contributed by atoms with Gasteiger partial charge in [-0.3, -0.25) is 0 Å². The Hall–Kier alpha value is -1.71. The smallest absolute Gasteiger partial charge is 0.407 e. The molecule has 1 aliphatic heterocycles. The van der Waals surface area contributed by atoms with E-state index in [-0.39, 0.29) is 12.2 Å². The van der Waals surface area contributed by atoms with Crippen molar-refractivity contribution in [2.45, 2.75) is 13.0 Å². The minimum Gasteiger partial charge on any atom is -0.496 e. The van der Waals surface area contributed by atoms with Crippen LogP contribution >= 0.6 is 0 Å². The number of nitrogens with one attached hydrogen (secondary N) is 1. The first-order valence-corrected chi connectivity index (χ1v) is 4.79. The van der Waals surface area contributed by atoms with Crippen molar-refractivity contribution in [3.05, 3.63) is 29.3 Å². The van der Waals surface area contributed by atoms with E-state index in [1.807, 2.05) is 25.1 Å². The fourth-order valence-corrected chi connectivity index (χ4v) is 1.68. The van der Waals surface area contributed by atoms with Gasteiger partial charge >= 0.3 is 6.09 Å². The number of methoxy groups -OCH3 is 1. The highest BCUT2D eigenvalue weighted by molar-refractivity contribution is 5.69. The van der Waals surface area contributed by atoms with Gasteiger partial charge in [-0.15, -0.1) is 0 Å². The van der Waals surface area contributed by atoms with E-state index >= 15 is 0 Å². The minimum absolute atomic E-state index is 0.179. The number of aryl methyl sites for hydroxylation is 1. The lowest BCUT2D eigenvalue weighted by molar-refractivity contribution is 0.141. The summed E-state index contributed by atoms with van der Waals surface area (Å²) in [5.41, 5.74) is 2.03. The summed E-state index contributed by atoms with van der Waals surface area (Å²) in [4.78, 5) is 10.9. The number of ether oxygens (including phenoxy) is 2. The highest BCUT2D eigenvalue weighted by atomic mass is 16.6. The summed E-state index contributed by atoms with van der Waals surface area (Å²) < 4.78 is 10.2. The SMILES string of the molecule is COc1ccc(C2CNC(=O)O2)cc1C. The number of hydrogen-bond donors (Lipinski definition) is 1. The minimum atomic E-state index is -0.353. The molecule has 0 bridgehead atoms. The van der Waals surface area contributed by atoms with Crippen molar-refractivity contribution in [2.24, 2.45) is 0 Å². The summed E-state index contributed by atoms with van der Waals surface area (Å²) in [5, 5.41) is 2.62. The second-order valence-corrected chi connectivity index (χ2v) is 3.50. The molecule has 0 aromatic heterocycles. The van der Waals surface area contributed by atoms with Crippen molar-refractivity contribution in [3.8, 4) is 5.75 Å². The van der Waals surface area contributed by atoms with Crippen molar-refractivity contribution in [1.29, 1.82) is 0 Å². The fraction of sp³-hybridized carbons (Fsp3) is 0.364. The van der Waals surface area contributed by atoms with Gasteiger partial charge in [0.15, 0.2) is 0 Å². The quantitative estimate of drug-likeness (QED) is 0.804. The first kappa shape index (κ1) is 9.83. The lowest BCUT2D eigenvalue weighted by atomic mass is 10.1. The average molecular weight is 207 g/mol. The van der Waals surface area contributed by atoms with Crippen LogP contribution in [0.1, 0.15) is 17.2 Å². The zero-order valence-corrected chi connectivity index (χ0v) is 8.74. The van der Waals surface area contributed by atoms with Crippen LogP contribution < -0.4 is 10.1 Å². The number of carbonyl (C=O) groups excluding carboxylic acids is 1. The van der Waals surface area contributed by atoms with Crippen molar-refractivity contribution >= 4 is 6.09 Å². The predicted octanol–water partition coefficient (Wildman–Crippen LogP) is 1.78. The zero-order chi connectivity index (χ0) is 10.8. The lowest BCUT2D eigenvalue weighted by Gasteiger charge is -2.11. The van der Waals surface area contributed by atoms with Crippen LogP contribution in [-0.2, 0) is 4.74 Å². The largest absolute Gasteiger partial charge is 0.496 e. The standard InChI is InChI=1S/C11H13NO3/c1-7-5-8(3-4-9(7)14-2)10-6-12-11(13)15-10/h3-5,10H,6H2,1-2H3,(H,12,13). The van der Waals surface area contributed by atoms with E-state index in [1.165, 1.54) is 0 Å². The van der Waals surface area contributed by atoms with Crippen LogP contribution in [0.3, 0.4) is 0 Å². The number of benzene rings is 1. The van der Waals surface area contributed by atoms with Crippen molar-refractivity contribution in [3.63, 3.8) is 0 Å². The summed E-state index contributed by atoms with van der Waals surface area (Å²) in [6, 6.07) is 5.78. The Labute approximate surface area is 88.2 Å². The number of carbonyl (C=O) groups is 1. The van der Waals surface area contributed by atoms with Crippen LogP contribution in [0.2, 0.25) is 0 Å². The van der Waals surface area contributed by atoms with Gasteiger partial charge < -0.3 is 14.8 Å². The molecule has 1 unspecified atom stereocenters. The molecule has 4 heteroatoms. The molecule has 1 N–H and O–H groups in total. The fourth-order valence-electron chi connectivity index (χ4n) is 1.68. The highest BCUT2D eigenvalue weighted by Gasteiger charge is 2.24. The third kappa shape index (κ3) is 1.88. The summed E-state index contributed by atoms with van der Waals surface area (Å²) in [5.74, 6) is 0.844. The number of cyclic esters (lactones) is 1. The molecule has 2 rings (SSSR count). The maximum atomic E-state index is 10.9. The van der Waals surface area contributed by atoms with Gasteiger partial charge in [0.2, 0.25) is 0 Å². The Balaban J connectivity index is 2.22. The third-order valence-corrected chi connectivity index (χ3v) is 2.47. The molecule has 1 aliphatic rings. The molecule has 1 amide bonds. The van der Waals surface area contributed by atoms with E-state index < -0.39 is 0 Å². The molecule has 1 heterocycles. The monoisotopic (exact) mass is 207 g/mol. The molecule has 0 saturated carbocycles.